The monoisotopic (exact) mass is 218 g/mol. The Hall–Kier alpha value is -1.35. The summed E-state index contributed by atoms with van der Waals surface area (Å²) in [4.78, 5) is 5.61. The Morgan fingerprint density at radius 1 is 1.27 bits per heavy atom. The number of rotatable bonds is 3. The van der Waals surface area contributed by atoms with Gasteiger partial charge < -0.3 is 5.73 Å². The van der Waals surface area contributed by atoms with Gasteiger partial charge in [0.2, 0.25) is 0 Å². The summed E-state index contributed by atoms with van der Waals surface area (Å²) in [7, 11) is 0. The van der Waals surface area contributed by atoms with E-state index in [1.165, 1.54) is 10.4 Å². The van der Waals surface area contributed by atoms with Gasteiger partial charge in [-0.25, -0.2) is 4.98 Å². The number of thiazole rings is 1. The summed E-state index contributed by atoms with van der Waals surface area (Å²) in [6, 6.07) is 10.4. The van der Waals surface area contributed by atoms with E-state index in [1.54, 1.807) is 11.3 Å². The molecule has 0 bridgehead atoms. The summed E-state index contributed by atoms with van der Waals surface area (Å²) < 4.78 is 0. The molecule has 2 aromatic rings. The fraction of sp³-hybridized carbons (Fsp3) is 0.250. The van der Waals surface area contributed by atoms with Gasteiger partial charge in [-0.15, -0.1) is 11.3 Å². The van der Waals surface area contributed by atoms with E-state index < -0.39 is 0 Å². The summed E-state index contributed by atoms with van der Waals surface area (Å²) in [5.41, 5.74) is 8.17. The minimum atomic E-state index is 0.679. The molecule has 2 N–H and O–H groups in total. The molecular weight excluding hydrogens is 204 g/mol. The largest absolute Gasteiger partial charge is 0.375 e. The molecule has 1 aromatic heterocycles. The van der Waals surface area contributed by atoms with Crippen molar-refractivity contribution in [3.05, 3.63) is 46.5 Å². The van der Waals surface area contributed by atoms with Crippen molar-refractivity contribution in [2.45, 2.75) is 19.8 Å². The van der Waals surface area contributed by atoms with Crippen LogP contribution in [0, 0.1) is 0 Å². The Balaban J connectivity index is 2.24. The van der Waals surface area contributed by atoms with Gasteiger partial charge in [0.25, 0.3) is 0 Å². The quantitative estimate of drug-likeness (QED) is 0.860. The first-order valence-corrected chi connectivity index (χ1v) is 5.89. The van der Waals surface area contributed by atoms with Crippen LogP contribution in [0.25, 0.3) is 0 Å². The van der Waals surface area contributed by atoms with Crippen LogP contribution in [0.15, 0.2) is 30.3 Å². The predicted octanol–water partition coefficient (Wildman–Crippen LogP) is 2.88. The van der Waals surface area contributed by atoms with Crippen molar-refractivity contribution in [2.75, 3.05) is 5.73 Å². The highest BCUT2D eigenvalue weighted by molar-refractivity contribution is 7.15. The maximum Gasteiger partial charge on any atom is 0.180 e. The summed E-state index contributed by atoms with van der Waals surface area (Å²) in [5.74, 6) is 0. The number of nitrogens with zero attached hydrogens (tertiary/aromatic N) is 1. The van der Waals surface area contributed by atoms with Crippen molar-refractivity contribution in [2.24, 2.45) is 0 Å². The lowest BCUT2D eigenvalue weighted by atomic mass is 10.1. The van der Waals surface area contributed by atoms with Crippen molar-refractivity contribution in [1.29, 1.82) is 0 Å². The molecule has 0 aliphatic rings. The zero-order chi connectivity index (χ0) is 10.7. The maximum atomic E-state index is 5.72. The van der Waals surface area contributed by atoms with Gasteiger partial charge in [0.1, 0.15) is 0 Å². The normalized spacial score (nSPS) is 10.5. The number of aryl methyl sites for hydroxylation is 1. The Morgan fingerprint density at radius 3 is 2.67 bits per heavy atom. The van der Waals surface area contributed by atoms with Crippen LogP contribution in [0.5, 0.6) is 0 Å². The highest BCUT2D eigenvalue weighted by atomic mass is 32.1. The Labute approximate surface area is 93.8 Å². The van der Waals surface area contributed by atoms with Crippen molar-refractivity contribution < 1.29 is 0 Å². The molecule has 0 aliphatic carbocycles. The number of nitrogens with two attached hydrogens (primary N) is 1. The molecule has 0 saturated carbocycles. The van der Waals surface area contributed by atoms with Gasteiger partial charge in [-0.2, -0.15) is 0 Å². The lowest BCUT2D eigenvalue weighted by Crippen LogP contribution is -1.90. The number of benzene rings is 1. The van der Waals surface area contributed by atoms with E-state index in [0.717, 1.165) is 18.5 Å². The molecule has 0 unspecified atom stereocenters. The lowest BCUT2D eigenvalue weighted by molar-refractivity contribution is 1.02. The van der Waals surface area contributed by atoms with Crippen LogP contribution in [-0.2, 0) is 12.8 Å². The highest BCUT2D eigenvalue weighted by Gasteiger charge is 2.07. The van der Waals surface area contributed by atoms with Gasteiger partial charge in [-0.1, -0.05) is 37.3 Å². The minimum absolute atomic E-state index is 0.679. The second-order valence-corrected chi connectivity index (χ2v) is 4.55. The number of nitrogen functional groups attached to an aromatic ring is 1. The fourth-order valence-electron chi connectivity index (χ4n) is 1.60. The van der Waals surface area contributed by atoms with Crippen LogP contribution in [0.1, 0.15) is 23.1 Å². The smallest absolute Gasteiger partial charge is 0.180 e. The van der Waals surface area contributed by atoms with Crippen LogP contribution >= 0.6 is 11.3 Å². The topological polar surface area (TPSA) is 38.9 Å². The van der Waals surface area contributed by atoms with E-state index in [9.17, 15) is 0 Å². The molecule has 0 saturated heterocycles. The van der Waals surface area contributed by atoms with Crippen LogP contribution < -0.4 is 5.73 Å². The van der Waals surface area contributed by atoms with E-state index in [2.05, 4.69) is 36.2 Å². The van der Waals surface area contributed by atoms with E-state index in [4.69, 9.17) is 5.73 Å². The van der Waals surface area contributed by atoms with Crippen LogP contribution in [0.3, 0.4) is 0 Å². The van der Waals surface area contributed by atoms with Gasteiger partial charge in [0, 0.05) is 11.3 Å². The molecule has 0 fully saturated rings. The lowest BCUT2D eigenvalue weighted by Gasteiger charge is -1.99. The zero-order valence-electron chi connectivity index (χ0n) is 8.73. The molecule has 78 valence electrons. The molecule has 0 atom stereocenters. The van der Waals surface area contributed by atoms with Gasteiger partial charge in [-0.05, 0) is 12.0 Å². The fourth-order valence-corrected chi connectivity index (χ4v) is 2.55. The molecule has 2 rings (SSSR count). The predicted molar refractivity (Wildman–Crippen MR) is 65.2 cm³/mol. The van der Waals surface area contributed by atoms with Gasteiger partial charge in [0.05, 0.1) is 5.69 Å². The standard InChI is InChI=1S/C12H14N2S/c1-2-10-11(15-12(13)14-10)8-9-6-4-3-5-7-9/h3-7H,2,8H2,1H3,(H2,13,14). The zero-order valence-corrected chi connectivity index (χ0v) is 9.55. The second-order valence-electron chi connectivity index (χ2n) is 3.44. The van der Waals surface area contributed by atoms with Crippen molar-refractivity contribution >= 4 is 16.5 Å². The Morgan fingerprint density at radius 2 is 2.00 bits per heavy atom. The van der Waals surface area contributed by atoms with Gasteiger partial charge in [-0.3, -0.25) is 0 Å². The van der Waals surface area contributed by atoms with Crippen molar-refractivity contribution in [3.8, 4) is 0 Å². The summed E-state index contributed by atoms with van der Waals surface area (Å²) >= 11 is 1.60. The van der Waals surface area contributed by atoms with E-state index >= 15 is 0 Å². The second kappa shape index (κ2) is 4.45. The third-order valence-electron chi connectivity index (χ3n) is 2.34. The van der Waals surface area contributed by atoms with E-state index in [1.807, 2.05) is 6.07 Å². The van der Waals surface area contributed by atoms with Gasteiger partial charge >= 0.3 is 0 Å². The summed E-state index contributed by atoms with van der Waals surface area (Å²) in [6.07, 6.45) is 1.90. The molecule has 0 spiro atoms. The third kappa shape index (κ3) is 2.36. The molecule has 0 aliphatic heterocycles. The number of aromatic nitrogens is 1. The molecular formula is C12H14N2S. The first kappa shape index (κ1) is 10.2. The highest BCUT2D eigenvalue weighted by Crippen LogP contribution is 2.23. The number of hydrogen-bond donors (Lipinski definition) is 1. The van der Waals surface area contributed by atoms with Crippen molar-refractivity contribution in [1.82, 2.24) is 4.98 Å². The first-order chi connectivity index (χ1) is 7.29. The Kier molecular flexibility index (Phi) is 3.02. The number of anilines is 1. The average Bonchev–Trinajstić information content (AvgIpc) is 2.60. The van der Waals surface area contributed by atoms with E-state index in [-0.39, 0.29) is 0 Å². The minimum Gasteiger partial charge on any atom is -0.375 e. The Bertz CT molecular complexity index is 434. The maximum absolute atomic E-state index is 5.72. The van der Waals surface area contributed by atoms with Crippen LogP contribution in [0.4, 0.5) is 5.13 Å². The first-order valence-electron chi connectivity index (χ1n) is 5.07. The molecule has 0 amide bonds. The molecule has 2 nitrogen and oxygen atoms in total. The van der Waals surface area contributed by atoms with E-state index in [0.29, 0.717) is 5.13 Å². The molecule has 1 aromatic carbocycles. The molecule has 15 heavy (non-hydrogen) atoms. The number of hydrogen-bond acceptors (Lipinski definition) is 3. The van der Waals surface area contributed by atoms with Crippen molar-refractivity contribution in [3.63, 3.8) is 0 Å². The molecule has 1 heterocycles. The third-order valence-corrected chi connectivity index (χ3v) is 3.26. The summed E-state index contributed by atoms with van der Waals surface area (Å²) in [5, 5.41) is 0.679. The summed E-state index contributed by atoms with van der Waals surface area (Å²) in [6.45, 7) is 2.11. The molecule has 3 heteroatoms. The SMILES string of the molecule is CCc1nc(N)sc1Cc1ccccc1. The van der Waals surface area contributed by atoms with Crippen LogP contribution in [-0.4, -0.2) is 4.98 Å². The van der Waals surface area contributed by atoms with Crippen LogP contribution in [0.2, 0.25) is 0 Å². The average molecular weight is 218 g/mol. The molecule has 0 radical (unpaired) electrons. The van der Waals surface area contributed by atoms with Gasteiger partial charge in [0.15, 0.2) is 5.13 Å².